The number of aromatic nitrogens is 2. The third-order valence-electron chi connectivity index (χ3n) is 3.52. The van der Waals surface area contributed by atoms with Crippen molar-refractivity contribution in [3.63, 3.8) is 0 Å². The van der Waals surface area contributed by atoms with Crippen molar-refractivity contribution in [2.24, 2.45) is 7.05 Å². The zero-order chi connectivity index (χ0) is 14.8. The molecule has 0 atom stereocenters. The van der Waals surface area contributed by atoms with E-state index in [1.807, 2.05) is 25.2 Å². The van der Waals surface area contributed by atoms with Crippen LogP contribution in [-0.2, 0) is 7.05 Å². The van der Waals surface area contributed by atoms with Crippen molar-refractivity contribution in [3.8, 4) is 22.4 Å². The molecule has 106 valence electrons. The van der Waals surface area contributed by atoms with E-state index in [1.54, 1.807) is 16.4 Å². The second-order valence-corrected chi connectivity index (χ2v) is 5.71. The van der Waals surface area contributed by atoms with Gasteiger partial charge < -0.3 is 5.73 Å². The van der Waals surface area contributed by atoms with E-state index >= 15 is 0 Å². The minimum atomic E-state index is 0.685. The number of aryl methyl sites for hydroxylation is 1. The summed E-state index contributed by atoms with van der Waals surface area (Å²) >= 11 is 1.73. The van der Waals surface area contributed by atoms with Gasteiger partial charge in [0.2, 0.25) is 0 Å². The fourth-order valence-corrected chi connectivity index (χ4v) is 2.79. The normalized spacial score (nSPS) is 10.8. The van der Waals surface area contributed by atoms with E-state index in [9.17, 15) is 0 Å². The molecule has 0 aliphatic rings. The molecule has 0 spiro atoms. The Morgan fingerprint density at radius 3 is 2.24 bits per heavy atom. The molecule has 0 radical (unpaired) electrons. The highest BCUT2D eigenvalue weighted by atomic mass is 32.2. The van der Waals surface area contributed by atoms with E-state index < -0.39 is 0 Å². The fraction of sp³-hybridized carbons (Fsp3) is 0.118. The number of thioether (sulfide) groups is 1. The number of hydrogen-bond acceptors (Lipinski definition) is 3. The van der Waals surface area contributed by atoms with Gasteiger partial charge in [0, 0.05) is 17.5 Å². The third-order valence-corrected chi connectivity index (χ3v) is 4.26. The number of nitrogen functional groups attached to an aromatic ring is 1. The van der Waals surface area contributed by atoms with Crippen LogP contribution in [0.5, 0.6) is 0 Å². The van der Waals surface area contributed by atoms with Gasteiger partial charge in [0.15, 0.2) is 0 Å². The topological polar surface area (TPSA) is 43.8 Å². The van der Waals surface area contributed by atoms with Gasteiger partial charge >= 0.3 is 0 Å². The lowest BCUT2D eigenvalue weighted by molar-refractivity contribution is 0.782. The molecule has 0 saturated heterocycles. The van der Waals surface area contributed by atoms with Crippen LogP contribution in [0.1, 0.15) is 0 Å². The van der Waals surface area contributed by atoms with Gasteiger partial charge in [0.1, 0.15) is 11.5 Å². The average Bonchev–Trinajstić information content (AvgIpc) is 2.84. The van der Waals surface area contributed by atoms with Crippen LogP contribution in [0.3, 0.4) is 0 Å². The molecule has 21 heavy (non-hydrogen) atoms. The van der Waals surface area contributed by atoms with Gasteiger partial charge in [-0.15, -0.1) is 11.8 Å². The number of benzene rings is 2. The van der Waals surface area contributed by atoms with Gasteiger partial charge in [-0.25, -0.2) is 0 Å². The quantitative estimate of drug-likeness (QED) is 0.741. The summed E-state index contributed by atoms with van der Waals surface area (Å²) in [7, 11) is 1.88. The second kappa shape index (κ2) is 5.66. The van der Waals surface area contributed by atoms with Gasteiger partial charge in [-0.05, 0) is 24.0 Å². The first-order chi connectivity index (χ1) is 10.2. The Morgan fingerprint density at radius 2 is 1.62 bits per heavy atom. The molecule has 0 fully saturated rings. The molecule has 3 rings (SSSR count). The summed E-state index contributed by atoms with van der Waals surface area (Å²) in [4.78, 5) is 1.24. The van der Waals surface area contributed by atoms with Crippen LogP contribution >= 0.6 is 11.8 Å². The number of anilines is 1. The van der Waals surface area contributed by atoms with Gasteiger partial charge in [-0.3, -0.25) is 4.68 Å². The van der Waals surface area contributed by atoms with Crippen LogP contribution in [0.25, 0.3) is 22.4 Å². The van der Waals surface area contributed by atoms with Crippen molar-refractivity contribution in [1.29, 1.82) is 0 Å². The largest absolute Gasteiger partial charge is 0.383 e. The van der Waals surface area contributed by atoms with Gasteiger partial charge in [-0.1, -0.05) is 42.5 Å². The minimum Gasteiger partial charge on any atom is -0.383 e. The molecule has 0 bridgehead atoms. The van der Waals surface area contributed by atoms with Crippen LogP contribution in [0.2, 0.25) is 0 Å². The summed E-state index contributed by atoms with van der Waals surface area (Å²) in [5.74, 6) is 0.685. The van der Waals surface area contributed by atoms with Gasteiger partial charge in [0.25, 0.3) is 0 Å². The molecule has 1 aromatic heterocycles. The number of nitrogens with zero attached hydrogens (tertiary/aromatic N) is 2. The Balaban J connectivity index is 2.16. The smallest absolute Gasteiger partial charge is 0.129 e. The van der Waals surface area contributed by atoms with Crippen LogP contribution in [0, 0.1) is 0 Å². The first-order valence-corrected chi connectivity index (χ1v) is 7.95. The Kier molecular flexibility index (Phi) is 3.71. The third kappa shape index (κ3) is 2.54. The summed E-state index contributed by atoms with van der Waals surface area (Å²) < 4.78 is 1.74. The molecule has 0 amide bonds. The predicted octanol–water partition coefficient (Wildman–Crippen LogP) is 4.06. The molecule has 3 aromatic rings. The summed E-state index contributed by atoms with van der Waals surface area (Å²) in [6.45, 7) is 0. The maximum atomic E-state index is 6.23. The fourth-order valence-electron chi connectivity index (χ4n) is 2.38. The predicted molar refractivity (Wildman–Crippen MR) is 90.3 cm³/mol. The lowest BCUT2D eigenvalue weighted by atomic mass is 10.0. The molecule has 2 N–H and O–H groups in total. The number of rotatable bonds is 3. The van der Waals surface area contributed by atoms with E-state index in [-0.39, 0.29) is 0 Å². The Hall–Kier alpha value is -2.20. The van der Waals surface area contributed by atoms with Crippen molar-refractivity contribution >= 4 is 17.6 Å². The molecule has 0 saturated carbocycles. The summed E-state index contributed by atoms with van der Waals surface area (Å²) in [6, 6.07) is 18.6. The molecule has 0 unspecified atom stereocenters. The second-order valence-electron chi connectivity index (χ2n) is 4.83. The maximum Gasteiger partial charge on any atom is 0.129 e. The Bertz CT molecular complexity index is 746. The maximum absolute atomic E-state index is 6.23. The van der Waals surface area contributed by atoms with Gasteiger partial charge in [0.05, 0.1) is 5.56 Å². The standard InChI is InChI=1S/C17H17N3S/c1-20-17(18)15(12-6-4-3-5-7-12)16(19-20)13-8-10-14(21-2)11-9-13/h3-11H,18H2,1-2H3. The molecule has 3 nitrogen and oxygen atoms in total. The van der Waals surface area contributed by atoms with Crippen LogP contribution in [-0.4, -0.2) is 16.0 Å². The van der Waals surface area contributed by atoms with Crippen molar-refractivity contribution in [2.75, 3.05) is 12.0 Å². The van der Waals surface area contributed by atoms with Crippen molar-refractivity contribution < 1.29 is 0 Å². The highest BCUT2D eigenvalue weighted by Gasteiger charge is 2.16. The zero-order valence-electron chi connectivity index (χ0n) is 12.1. The molecule has 1 heterocycles. The molecule has 4 heteroatoms. The Labute approximate surface area is 128 Å². The van der Waals surface area contributed by atoms with Gasteiger partial charge in [-0.2, -0.15) is 5.10 Å². The summed E-state index contributed by atoms with van der Waals surface area (Å²) in [5.41, 5.74) is 10.3. The van der Waals surface area contributed by atoms with E-state index in [0.29, 0.717) is 5.82 Å². The highest BCUT2D eigenvalue weighted by Crippen LogP contribution is 2.36. The SMILES string of the molecule is CSc1ccc(-c2nn(C)c(N)c2-c2ccccc2)cc1. The van der Waals surface area contributed by atoms with E-state index in [0.717, 1.165) is 22.4 Å². The molecule has 2 aromatic carbocycles. The van der Waals surface area contributed by atoms with Crippen molar-refractivity contribution in [1.82, 2.24) is 9.78 Å². The monoisotopic (exact) mass is 295 g/mol. The minimum absolute atomic E-state index is 0.685. The zero-order valence-corrected chi connectivity index (χ0v) is 12.9. The Morgan fingerprint density at radius 1 is 0.952 bits per heavy atom. The molecular weight excluding hydrogens is 278 g/mol. The van der Waals surface area contributed by atoms with Crippen molar-refractivity contribution in [2.45, 2.75) is 4.90 Å². The summed E-state index contributed by atoms with van der Waals surface area (Å²) in [5, 5.41) is 4.60. The lowest BCUT2D eigenvalue weighted by Gasteiger charge is -2.05. The van der Waals surface area contributed by atoms with Crippen molar-refractivity contribution in [3.05, 3.63) is 54.6 Å². The molecular formula is C17H17N3S. The number of hydrogen-bond donors (Lipinski definition) is 1. The first-order valence-electron chi connectivity index (χ1n) is 6.73. The highest BCUT2D eigenvalue weighted by molar-refractivity contribution is 7.98. The lowest BCUT2D eigenvalue weighted by Crippen LogP contribution is -1.97. The van der Waals surface area contributed by atoms with Crippen LogP contribution in [0.4, 0.5) is 5.82 Å². The van der Waals surface area contributed by atoms with E-state index in [1.165, 1.54) is 4.90 Å². The van der Waals surface area contributed by atoms with E-state index in [4.69, 9.17) is 5.73 Å². The van der Waals surface area contributed by atoms with Crippen LogP contribution in [0.15, 0.2) is 59.5 Å². The van der Waals surface area contributed by atoms with E-state index in [2.05, 4.69) is 47.8 Å². The van der Waals surface area contributed by atoms with Crippen LogP contribution < -0.4 is 5.73 Å². The number of nitrogens with two attached hydrogens (primary N) is 1. The molecule has 0 aliphatic heterocycles. The summed E-state index contributed by atoms with van der Waals surface area (Å²) in [6.07, 6.45) is 2.07. The molecule has 0 aliphatic carbocycles. The average molecular weight is 295 g/mol. The first kappa shape index (κ1) is 13.8.